The molecule has 0 atom stereocenters. The zero-order chi connectivity index (χ0) is 15.7. The summed E-state index contributed by atoms with van der Waals surface area (Å²) in [6, 6.07) is 2.31. The number of nitrogens with zero attached hydrogens (tertiary/aromatic N) is 1. The molecule has 112 valence electrons. The fraction of sp³-hybridized carbons (Fsp3) is 0.455. The summed E-state index contributed by atoms with van der Waals surface area (Å²) in [5.41, 5.74) is -1.45. The Morgan fingerprint density at radius 1 is 1.35 bits per heavy atom. The zero-order valence-electron chi connectivity index (χ0n) is 11.5. The lowest BCUT2D eigenvalue weighted by atomic mass is 10.0. The summed E-state index contributed by atoms with van der Waals surface area (Å²) in [4.78, 5) is 24.1. The number of carboxylic acid groups (broad SMARTS) is 1. The van der Waals surface area contributed by atoms with Crippen LogP contribution in [0.1, 0.15) is 24.4 Å². The van der Waals surface area contributed by atoms with Gasteiger partial charge in [-0.05, 0) is 33.0 Å². The number of sulfonamides is 1. The van der Waals surface area contributed by atoms with Gasteiger partial charge in [-0.2, -0.15) is 0 Å². The van der Waals surface area contributed by atoms with Crippen LogP contribution in [0.3, 0.4) is 0 Å². The van der Waals surface area contributed by atoms with E-state index in [0.717, 1.165) is 11.0 Å². The fourth-order valence-electron chi connectivity index (χ4n) is 1.24. The number of carbonyl (C=O) groups excluding carboxylic acids is 1. The van der Waals surface area contributed by atoms with Gasteiger partial charge in [0.25, 0.3) is 15.9 Å². The van der Waals surface area contributed by atoms with Gasteiger partial charge in [-0.15, -0.1) is 0 Å². The number of hydrogen-bond donors (Lipinski definition) is 2. The molecule has 2 N–H and O–H groups in total. The van der Waals surface area contributed by atoms with Gasteiger partial charge in [-0.3, -0.25) is 4.79 Å². The first-order chi connectivity index (χ1) is 9.04. The topological polar surface area (TPSA) is 117 Å². The minimum atomic E-state index is -3.79. The Hall–Kier alpha value is -1.87. The standard InChI is InChI=1S/C11H16N2O6S/c1-11(2,10(15)16)13(4)9(14)7-5-6-8(19-7)20(17,18)12-3/h5-6,12H,1-4H3,(H,15,16). The number of likely N-dealkylation sites (N-methyl/N-ethyl adjacent to an activating group) is 1. The first kappa shape index (κ1) is 16.2. The maximum atomic E-state index is 12.1. The van der Waals surface area contributed by atoms with Crippen LogP contribution in [0.2, 0.25) is 0 Å². The van der Waals surface area contributed by atoms with Crippen LogP contribution in [-0.4, -0.2) is 49.9 Å². The highest BCUT2D eigenvalue weighted by atomic mass is 32.2. The van der Waals surface area contributed by atoms with Gasteiger partial charge in [-0.1, -0.05) is 0 Å². The number of aliphatic carboxylic acids is 1. The Labute approximate surface area is 116 Å². The average molecular weight is 304 g/mol. The maximum Gasteiger partial charge on any atom is 0.329 e. The smallest absolute Gasteiger partial charge is 0.329 e. The Balaban J connectivity index is 3.09. The zero-order valence-corrected chi connectivity index (χ0v) is 12.3. The molecule has 0 fully saturated rings. The normalized spacial score (nSPS) is 12.2. The molecule has 1 aromatic heterocycles. The lowest BCUT2D eigenvalue weighted by Gasteiger charge is -2.30. The van der Waals surface area contributed by atoms with Crippen molar-refractivity contribution in [2.24, 2.45) is 0 Å². The fourth-order valence-corrected chi connectivity index (χ4v) is 1.89. The molecule has 1 rings (SSSR count). The van der Waals surface area contributed by atoms with Gasteiger partial charge < -0.3 is 14.4 Å². The number of amides is 1. The Bertz CT molecular complexity index is 631. The van der Waals surface area contributed by atoms with Crippen LogP contribution >= 0.6 is 0 Å². The molecule has 0 radical (unpaired) electrons. The third kappa shape index (κ3) is 2.83. The van der Waals surface area contributed by atoms with Crippen LogP contribution in [0.25, 0.3) is 0 Å². The molecule has 0 aliphatic heterocycles. The van der Waals surface area contributed by atoms with E-state index in [4.69, 9.17) is 9.52 Å². The molecule has 8 nitrogen and oxygen atoms in total. The van der Waals surface area contributed by atoms with Crippen molar-refractivity contribution in [2.45, 2.75) is 24.5 Å². The number of rotatable bonds is 5. The monoisotopic (exact) mass is 304 g/mol. The van der Waals surface area contributed by atoms with Gasteiger partial charge in [0, 0.05) is 7.05 Å². The van der Waals surface area contributed by atoms with Gasteiger partial charge in [0.2, 0.25) is 5.09 Å². The van der Waals surface area contributed by atoms with Gasteiger partial charge in [-0.25, -0.2) is 17.9 Å². The number of furan rings is 1. The van der Waals surface area contributed by atoms with E-state index >= 15 is 0 Å². The number of carbonyl (C=O) groups is 2. The van der Waals surface area contributed by atoms with E-state index in [1.807, 2.05) is 4.72 Å². The van der Waals surface area contributed by atoms with Gasteiger partial charge in [0.05, 0.1) is 0 Å². The summed E-state index contributed by atoms with van der Waals surface area (Å²) < 4.78 is 30.0. The first-order valence-electron chi connectivity index (χ1n) is 5.59. The predicted molar refractivity (Wildman–Crippen MR) is 68.8 cm³/mol. The third-order valence-electron chi connectivity index (χ3n) is 2.99. The van der Waals surface area contributed by atoms with E-state index in [1.165, 1.54) is 34.0 Å². The van der Waals surface area contributed by atoms with E-state index in [-0.39, 0.29) is 5.76 Å². The second kappa shape index (κ2) is 5.25. The van der Waals surface area contributed by atoms with Gasteiger partial charge >= 0.3 is 5.97 Å². The summed E-state index contributed by atoms with van der Waals surface area (Å²) >= 11 is 0. The molecule has 1 aromatic rings. The quantitative estimate of drug-likeness (QED) is 0.798. The highest BCUT2D eigenvalue weighted by molar-refractivity contribution is 7.89. The molecule has 0 saturated heterocycles. The minimum Gasteiger partial charge on any atom is -0.480 e. The van der Waals surface area contributed by atoms with Crippen molar-refractivity contribution in [3.05, 3.63) is 17.9 Å². The van der Waals surface area contributed by atoms with E-state index in [0.29, 0.717) is 0 Å². The van der Waals surface area contributed by atoms with Crippen molar-refractivity contribution in [3.8, 4) is 0 Å². The lowest BCUT2D eigenvalue weighted by molar-refractivity contribution is -0.147. The third-order valence-corrected chi connectivity index (χ3v) is 4.28. The second-order valence-electron chi connectivity index (χ2n) is 4.55. The Morgan fingerprint density at radius 3 is 2.35 bits per heavy atom. The van der Waals surface area contributed by atoms with Crippen LogP contribution in [0, 0.1) is 0 Å². The molecule has 1 heterocycles. The van der Waals surface area contributed by atoms with Crippen molar-refractivity contribution < 1.29 is 27.5 Å². The van der Waals surface area contributed by atoms with Crippen molar-refractivity contribution >= 4 is 21.9 Å². The van der Waals surface area contributed by atoms with Crippen LogP contribution in [-0.2, 0) is 14.8 Å². The minimum absolute atomic E-state index is 0.254. The predicted octanol–water partition coefficient (Wildman–Crippen LogP) is 0.123. The Kier molecular flexibility index (Phi) is 4.25. The van der Waals surface area contributed by atoms with Crippen molar-refractivity contribution in [1.29, 1.82) is 0 Å². The molecular formula is C11H16N2O6S. The number of hydrogen-bond acceptors (Lipinski definition) is 5. The van der Waals surface area contributed by atoms with E-state index in [9.17, 15) is 18.0 Å². The molecule has 0 aliphatic rings. The summed E-state index contributed by atoms with van der Waals surface area (Å²) in [5, 5.41) is 8.64. The molecule has 0 unspecified atom stereocenters. The van der Waals surface area contributed by atoms with E-state index in [1.54, 1.807) is 0 Å². The van der Waals surface area contributed by atoms with Crippen molar-refractivity contribution in [2.75, 3.05) is 14.1 Å². The van der Waals surface area contributed by atoms with Crippen molar-refractivity contribution in [3.63, 3.8) is 0 Å². The molecule has 0 spiro atoms. The lowest BCUT2D eigenvalue weighted by Crippen LogP contribution is -2.50. The SMILES string of the molecule is CNS(=O)(=O)c1ccc(C(=O)N(C)C(C)(C)C(=O)O)o1. The summed E-state index contributed by atoms with van der Waals surface area (Å²) in [5.74, 6) is -2.17. The van der Waals surface area contributed by atoms with Crippen LogP contribution in [0.4, 0.5) is 0 Å². The van der Waals surface area contributed by atoms with Crippen LogP contribution in [0.5, 0.6) is 0 Å². The van der Waals surface area contributed by atoms with Crippen LogP contribution in [0.15, 0.2) is 21.6 Å². The number of nitrogens with one attached hydrogen (secondary N) is 1. The summed E-state index contributed by atoms with van der Waals surface area (Å²) in [7, 11) is -1.29. The molecule has 0 aromatic carbocycles. The largest absolute Gasteiger partial charge is 0.480 e. The first-order valence-corrected chi connectivity index (χ1v) is 7.07. The van der Waals surface area contributed by atoms with Crippen LogP contribution < -0.4 is 4.72 Å². The maximum absolute atomic E-state index is 12.1. The summed E-state index contributed by atoms with van der Waals surface area (Å²) in [6.07, 6.45) is 0. The van der Waals surface area contributed by atoms with Gasteiger partial charge in [0.15, 0.2) is 5.76 Å². The van der Waals surface area contributed by atoms with Gasteiger partial charge in [0.1, 0.15) is 5.54 Å². The highest BCUT2D eigenvalue weighted by Crippen LogP contribution is 2.19. The molecule has 0 saturated carbocycles. The summed E-state index contributed by atoms with van der Waals surface area (Å²) in [6.45, 7) is 2.70. The van der Waals surface area contributed by atoms with Crippen molar-refractivity contribution in [1.82, 2.24) is 9.62 Å². The molecule has 1 amide bonds. The molecular weight excluding hydrogens is 288 g/mol. The number of carboxylic acids is 1. The molecule has 20 heavy (non-hydrogen) atoms. The average Bonchev–Trinajstić information content (AvgIpc) is 2.86. The Morgan fingerprint density at radius 2 is 1.90 bits per heavy atom. The second-order valence-corrected chi connectivity index (χ2v) is 6.37. The molecule has 0 bridgehead atoms. The highest BCUT2D eigenvalue weighted by Gasteiger charge is 2.37. The van der Waals surface area contributed by atoms with E-state index in [2.05, 4.69) is 0 Å². The molecule has 9 heteroatoms. The molecule has 0 aliphatic carbocycles. The van der Waals surface area contributed by atoms with E-state index < -0.39 is 32.5 Å².